The van der Waals surface area contributed by atoms with E-state index in [0.29, 0.717) is 29.2 Å². The molecular weight excluding hydrogens is 404 g/mol. The normalized spacial score (nSPS) is 14.0. The molecule has 0 spiro atoms. The van der Waals surface area contributed by atoms with Crippen LogP contribution in [0.4, 0.5) is 0 Å². The molecule has 1 aliphatic rings. The van der Waals surface area contributed by atoms with Crippen LogP contribution < -0.4 is 4.74 Å². The summed E-state index contributed by atoms with van der Waals surface area (Å²) >= 11 is 0. The molecule has 0 fully saturated rings. The maximum Gasteiger partial charge on any atom is 0.332 e. The number of nitrogens with zero attached hydrogens (tertiary/aromatic N) is 2. The van der Waals surface area contributed by atoms with E-state index in [2.05, 4.69) is 22.7 Å². The van der Waals surface area contributed by atoms with Gasteiger partial charge >= 0.3 is 5.97 Å². The number of oxime groups is 1. The van der Waals surface area contributed by atoms with Gasteiger partial charge < -0.3 is 14.1 Å². The molecule has 0 saturated heterocycles. The van der Waals surface area contributed by atoms with Crippen LogP contribution in [-0.2, 0) is 22.6 Å². The molecule has 2 heterocycles. The number of carbonyl (C=O) groups excluding carboxylic acids is 2. The smallest absolute Gasteiger partial charge is 0.332 e. The van der Waals surface area contributed by atoms with Crippen LogP contribution in [0.2, 0.25) is 0 Å². The predicted octanol–water partition coefficient (Wildman–Crippen LogP) is 5.17. The molecule has 0 bridgehead atoms. The molecule has 32 heavy (non-hydrogen) atoms. The van der Waals surface area contributed by atoms with Crippen molar-refractivity contribution in [1.82, 2.24) is 4.57 Å². The van der Waals surface area contributed by atoms with Crippen molar-refractivity contribution in [2.24, 2.45) is 5.16 Å². The van der Waals surface area contributed by atoms with Crippen LogP contribution >= 0.6 is 0 Å². The van der Waals surface area contributed by atoms with Crippen LogP contribution in [0.1, 0.15) is 40.9 Å². The zero-order valence-electron chi connectivity index (χ0n) is 18.1. The summed E-state index contributed by atoms with van der Waals surface area (Å²) in [5.74, 6) is 0.537. The first-order valence-electron chi connectivity index (χ1n) is 10.6. The molecule has 0 aliphatic carbocycles. The SMILES string of the molecule is CCn1c2ccc(C(=O)c3ccccc3C)cc2c2c3c(ccc21)C/C(=N\OC(C)=O)O3. The van der Waals surface area contributed by atoms with E-state index in [9.17, 15) is 9.59 Å². The molecule has 6 nitrogen and oxygen atoms in total. The Bertz CT molecular complexity index is 1450. The second-order valence-corrected chi connectivity index (χ2v) is 7.91. The summed E-state index contributed by atoms with van der Waals surface area (Å²) in [6, 6.07) is 17.5. The first kappa shape index (κ1) is 20.0. The Labute approximate surface area is 185 Å². The summed E-state index contributed by atoms with van der Waals surface area (Å²) in [6.45, 7) is 6.11. The van der Waals surface area contributed by atoms with Gasteiger partial charge in [-0.15, -0.1) is 0 Å². The lowest BCUT2D eigenvalue weighted by Crippen LogP contribution is -2.05. The number of rotatable bonds is 4. The Morgan fingerprint density at radius 2 is 1.88 bits per heavy atom. The second kappa shape index (κ2) is 7.64. The quantitative estimate of drug-likeness (QED) is 0.257. The maximum absolute atomic E-state index is 13.3. The molecule has 160 valence electrons. The first-order chi connectivity index (χ1) is 15.5. The Hall–Kier alpha value is -3.93. The van der Waals surface area contributed by atoms with Crippen molar-refractivity contribution in [3.05, 3.63) is 76.9 Å². The van der Waals surface area contributed by atoms with E-state index >= 15 is 0 Å². The van der Waals surface area contributed by atoms with Crippen LogP contribution in [0.15, 0.2) is 59.8 Å². The van der Waals surface area contributed by atoms with Crippen molar-refractivity contribution in [1.29, 1.82) is 0 Å². The van der Waals surface area contributed by atoms with Gasteiger partial charge in [0, 0.05) is 41.1 Å². The van der Waals surface area contributed by atoms with Gasteiger partial charge in [-0.05, 0) is 48.8 Å². The highest BCUT2D eigenvalue weighted by molar-refractivity contribution is 6.17. The van der Waals surface area contributed by atoms with Crippen molar-refractivity contribution >= 4 is 39.5 Å². The molecule has 0 amide bonds. The Kier molecular flexibility index (Phi) is 4.78. The van der Waals surface area contributed by atoms with E-state index in [1.54, 1.807) is 0 Å². The van der Waals surface area contributed by atoms with E-state index in [4.69, 9.17) is 9.57 Å². The zero-order valence-corrected chi connectivity index (χ0v) is 18.1. The van der Waals surface area contributed by atoms with E-state index in [1.807, 2.05) is 55.5 Å². The van der Waals surface area contributed by atoms with Gasteiger partial charge in [0.15, 0.2) is 5.78 Å². The predicted molar refractivity (Wildman–Crippen MR) is 123 cm³/mol. The molecule has 6 heteroatoms. The number of aryl methyl sites for hydroxylation is 2. The fourth-order valence-electron chi connectivity index (χ4n) is 4.41. The summed E-state index contributed by atoms with van der Waals surface area (Å²) in [7, 11) is 0. The maximum atomic E-state index is 13.3. The third kappa shape index (κ3) is 3.15. The minimum absolute atomic E-state index is 0.00648. The molecule has 0 atom stereocenters. The molecule has 0 N–H and O–H groups in total. The van der Waals surface area contributed by atoms with Gasteiger partial charge in [0.1, 0.15) is 5.75 Å². The van der Waals surface area contributed by atoms with E-state index < -0.39 is 5.97 Å². The minimum Gasteiger partial charge on any atom is -0.438 e. The lowest BCUT2D eigenvalue weighted by Gasteiger charge is -2.06. The topological polar surface area (TPSA) is 69.9 Å². The highest BCUT2D eigenvalue weighted by Crippen LogP contribution is 2.41. The number of ketones is 1. The van der Waals surface area contributed by atoms with Crippen LogP contribution in [0.3, 0.4) is 0 Å². The summed E-state index contributed by atoms with van der Waals surface area (Å²) < 4.78 is 8.22. The molecule has 3 aromatic carbocycles. The van der Waals surface area contributed by atoms with Crippen LogP contribution in [0, 0.1) is 6.92 Å². The van der Waals surface area contributed by atoms with Gasteiger partial charge in [-0.1, -0.05) is 30.3 Å². The average Bonchev–Trinajstić information content (AvgIpc) is 3.35. The van der Waals surface area contributed by atoms with Crippen LogP contribution in [-0.4, -0.2) is 22.2 Å². The second-order valence-electron chi connectivity index (χ2n) is 7.91. The Morgan fingerprint density at radius 3 is 2.62 bits per heavy atom. The third-order valence-electron chi connectivity index (χ3n) is 5.87. The largest absolute Gasteiger partial charge is 0.438 e. The van der Waals surface area contributed by atoms with E-state index in [1.165, 1.54) is 6.92 Å². The Balaban J connectivity index is 1.69. The molecule has 0 saturated carbocycles. The zero-order chi connectivity index (χ0) is 22.4. The van der Waals surface area contributed by atoms with Gasteiger partial charge in [0.25, 0.3) is 0 Å². The highest BCUT2D eigenvalue weighted by atomic mass is 16.7. The number of ether oxygens (including phenoxy) is 1. The molecule has 5 rings (SSSR count). The molecular formula is C26H22N2O4. The average molecular weight is 426 g/mol. The monoisotopic (exact) mass is 426 g/mol. The number of aromatic nitrogens is 1. The van der Waals surface area contributed by atoms with E-state index in [0.717, 1.165) is 39.5 Å². The van der Waals surface area contributed by atoms with Gasteiger partial charge in [-0.25, -0.2) is 4.79 Å². The van der Waals surface area contributed by atoms with Crippen molar-refractivity contribution in [2.45, 2.75) is 33.7 Å². The molecule has 1 aliphatic heterocycles. The van der Waals surface area contributed by atoms with Crippen molar-refractivity contribution in [3.63, 3.8) is 0 Å². The molecule has 0 unspecified atom stereocenters. The minimum atomic E-state index is -0.496. The van der Waals surface area contributed by atoms with E-state index in [-0.39, 0.29) is 5.78 Å². The number of hydrogen-bond donors (Lipinski definition) is 0. The number of benzene rings is 3. The van der Waals surface area contributed by atoms with Crippen molar-refractivity contribution in [3.8, 4) is 5.75 Å². The summed E-state index contributed by atoms with van der Waals surface area (Å²) in [4.78, 5) is 29.1. The van der Waals surface area contributed by atoms with Crippen LogP contribution in [0.25, 0.3) is 21.8 Å². The van der Waals surface area contributed by atoms with Gasteiger partial charge in [0.2, 0.25) is 5.90 Å². The molecule has 1 aromatic heterocycles. The number of hydrogen-bond acceptors (Lipinski definition) is 5. The lowest BCUT2D eigenvalue weighted by molar-refractivity contribution is -0.141. The number of fused-ring (bicyclic) bond motifs is 5. The standard InChI is InChI=1S/C26H22N2O4/c1-4-28-21-11-9-17(25(30)19-8-6-5-7-15(19)2)13-20(21)24-22(28)12-10-18-14-23(31-26(18)24)27-32-16(3)29/h5-13H,4,14H2,1-3H3/b27-23+. The highest BCUT2D eigenvalue weighted by Gasteiger charge is 2.26. The fraction of sp³-hybridized carbons (Fsp3) is 0.192. The first-order valence-corrected chi connectivity index (χ1v) is 10.6. The molecule has 0 radical (unpaired) electrons. The third-order valence-corrected chi connectivity index (χ3v) is 5.87. The fourth-order valence-corrected chi connectivity index (χ4v) is 4.41. The van der Waals surface area contributed by atoms with Crippen molar-refractivity contribution in [2.75, 3.05) is 0 Å². The summed E-state index contributed by atoms with van der Waals surface area (Å²) in [5, 5.41) is 5.72. The molecule has 4 aromatic rings. The summed E-state index contributed by atoms with van der Waals surface area (Å²) in [6.07, 6.45) is 0.444. The summed E-state index contributed by atoms with van der Waals surface area (Å²) in [5.41, 5.74) is 5.30. The number of carbonyl (C=O) groups is 2. The lowest BCUT2D eigenvalue weighted by atomic mass is 9.97. The van der Waals surface area contributed by atoms with Gasteiger partial charge in [0.05, 0.1) is 17.3 Å². The van der Waals surface area contributed by atoms with Crippen LogP contribution in [0.5, 0.6) is 5.75 Å². The Morgan fingerprint density at radius 1 is 1.09 bits per heavy atom. The van der Waals surface area contributed by atoms with Crippen molar-refractivity contribution < 1.29 is 19.2 Å². The van der Waals surface area contributed by atoms with Gasteiger partial charge in [-0.2, -0.15) is 0 Å². The van der Waals surface area contributed by atoms with Gasteiger partial charge in [-0.3, -0.25) is 4.79 Å².